The van der Waals surface area contributed by atoms with Crippen molar-refractivity contribution >= 4 is 157 Å². The second-order valence-electron chi connectivity index (χ2n) is 4.60. The predicted molar refractivity (Wildman–Crippen MR) is 108 cm³/mol. The molecule has 0 spiro atoms. The highest BCUT2D eigenvalue weighted by Gasteiger charge is 2.77. The molecule has 17 heteroatoms. The van der Waals surface area contributed by atoms with Crippen molar-refractivity contribution in [2.45, 2.75) is 38.1 Å². The zero-order chi connectivity index (χ0) is 21.8. The molecule has 0 unspecified atom stereocenters. The minimum atomic E-state index is -5.33. The molecule has 0 radical (unpaired) electrons. The summed E-state index contributed by atoms with van der Waals surface area (Å²) in [4.78, 5) is 11.2. The molecule has 0 aromatic rings. The van der Waals surface area contributed by atoms with Crippen LogP contribution in [0.3, 0.4) is 0 Å². The lowest BCUT2D eigenvalue weighted by Gasteiger charge is -2.50. The Morgan fingerprint density at radius 1 is 0.577 bits per heavy atom. The lowest BCUT2D eigenvalue weighted by atomic mass is 10.0. The summed E-state index contributed by atoms with van der Waals surface area (Å²) in [6.45, 7) is 0. The van der Waals surface area contributed by atoms with E-state index in [-0.39, 0.29) is 0 Å². The lowest BCUT2D eigenvalue weighted by Crippen LogP contribution is -2.66. The molecule has 0 aliphatic carbocycles. The number of hydrogen-bond donors (Lipinski definition) is 0. The highest BCUT2D eigenvalue weighted by molar-refractivity contribution is 6.82. The fourth-order valence-electron chi connectivity index (χ4n) is 1.21. The maximum Gasteiger partial charge on any atom is 0.450 e. The second-order valence-corrected chi connectivity index (χ2v) is 13.7. The van der Waals surface area contributed by atoms with Crippen LogP contribution in [0.1, 0.15) is 6.42 Å². The average Bonchev–Trinajstić information content (AvgIpc) is 2.34. The Bertz CT molecular complexity index is 548. The number of ketones is 1. The second kappa shape index (κ2) is 8.64. The predicted octanol–water partition coefficient (Wildman–Crippen LogP) is 8.75. The summed E-state index contributed by atoms with van der Waals surface area (Å²) in [5.74, 6) is -2.42. The normalized spacial score (nSPS) is 16.0. The highest BCUT2D eigenvalue weighted by Crippen LogP contribution is 2.69. The zero-order valence-corrected chi connectivity index (χ0v) is 21.0. The molecule has 156 valence electrons. The van der Waals surface area contributed by atoms with E-state index in [0.717, 1.165) is 0 Å². The largest absolute Gasteiger partial charge is 0.450 e. The van der Waals surface area contributed by atoms with E-state index in [9.17, 15) is 18.0 Å². The highest BCUT2D eigenvalue weighted by atomic mass is 35.6. The van der Waals surface area contributed by atoms with Crippen LogP contribution >= 0.6 is 151 Å². The molecule has 0 amide bonds. The molecule has 0 atom stereocenters. The first-order chi connectivity index (χ1) is 10.9. The number of carbonyl (C=O) groups is 1. The molecular weight excluding hydrogens is 642 g/mol. The van der Waals surface area contributed by atoms with Crippen molar-refractivity contribution in [2.24, 2.45) is 0 Å². The van der Waals surface area contributed by atoms with Gasteiger partial charge in [0.2, 0.25) is 13.9 Å². The summed E-state index contributed by atoms with van der Waals surface area (Å²) in [5.41, 5.74) is 0. The molecule has 0 aliphatic rings. The van der Waals surface area contributed by atoms with Crippen LogP contribution in [0.25, 0.3) is 0 Å². The zero-order valence-electron chi connectivity index (χ0n) is 11.2. The molecular formula is C9H2Cl13F3O. The van der Waals surface area contributed by atoms with E-state index in [4.69, 9.17) is 151 Å². The maximum atomic E-state index is 12.5. The standard InChI is InChI=1S/C9H2Cl13F3O/c10-3(11,1-2(26)4(23,24)25)5(12,13)6(14,15)7(16,17)8(18,19)9(20,21)22/h1H2. The van der Waals surface area contributed by atoms with Crippen molar-refractivity contribution in [3.8, 4) is 0 Å². The van der Waals surface area contributed by atoms with Crippen LogP contribution in [0, 0.1) is 0 Å². The van der Waals surface area contributed by atoms with Crippen LogP contribution in [0.5, 0.6) is 0 Å². The van der Waals surface area contributed by atoms with Crippen LogP contribution in [-0.4, -0.2) is 37.4 Å². The van der Waals surface area contributed by atoms with Gasteiger partial charge in [-0.3, -0.25) is 4.79 Å². The summed E-state index contributed by atoms with van der Waals surface area (Å²) in [5, 5.41) is 0. The van der Waals surface area contributed by atoms with Gasteiger partial charge in [-0.2, -0.15) is 13.2 Å². The van der Waals surface area contributed by atoms with Gasteiger partial charge in [0.1, 0.15) is 0 Å². The first-order valence-electron chi connectivity index (χ1n) is 5.43. The molecule has 0 fully saturated rings. The van der Waals surface area contributed by atoms with Crippen molar-refractivity contribution in [3.05, 3.63) is 0 Å². The van der Waals surface area contributed by atoms with E-state index in [1.54, 1.807) is 0 Å². The van der Waals surface area contributed by atoms with Gasteiger partial charge in [-0.05, 0) is 0 Å². The van der Waals surface area contributed by atoms with Crippen LogP contribution in [0.2, 0.25) is 0 Å². The van der Waals surface area contributed by atoms with Gasteiger partial charge < -0.3 is 0 Å². The third kappa shape index (κ3) is 5.34. The van der Waals surface area contributed by atoms with E-state index in [1.807, 2.05) is 0 Å². The van der Waals surface area contributed by atoms with Crippen LogP contribution in [-0.2, 0) is 4.79 Å². The van der Waals surface area contributed by atoms with Gasteiger partial charge in [0.15, 0.2) is 17.3 Å². The Labute approximate surface area is 210 Å². The molecule has 0 aromatic heterocycles. The average molecular weight is 644 g/mol. The fraction of sp³-hybridized carbons (Fsp3) is 0.889. The van der Waals surface area contributed by atoms with Crippen LogP contribution in [0.4, 0.5) is 13.2 Å². The fourth-order valence-corrected chi connectivity index (χ4v) is 4.91. The Kier molecular flexibility index (Phi) is 9.71. The molecule has 1 nitrogen and oxygen atoms in total. The van der Waals surface area contributed by atoms with Crippen molar-refractivity contribution in [1.82, 2.24) is 0 Å². The summed E-state index contributed by atoms with van der Waals surface area (Å²) in [6.07, 6.45) is -7.04. The SMILES string of the molecule is O=C(CC(Cl)(Cl)C(Cl)(Cl)C(Cl)(Cl)C(Cl)(Cl)C(Cl)(Cl)C(Cl)(Cl)Cl)C(F)(F)F. The Hall–Kier alpha value is 3.23. The molecule has 0 aromatic carbocycles. The Balaban J connectivity index is 6.21. The minimum Gasteiger partial charge on any atom is -0.289 e. The maximum absolute atomic E-state index is 12.5. The summed E-state index contributed by atoms with van der Waals surface area (Å²) in [6, 6.07) is 0. The molecule has 26 heavy (non-hydrogen) atoms. The van der Waals surface area contributed by atoms with E-state index in [2.05, 4.69) is 0 Å². The van der Waals surface area contributed by atoms with Crippen molar-refractivity contribution in [3.63, 3.8) is 0 Å². The molecule has 0 saturated carbocycles. The monoisotopic (exact) mass is 638 g/mol. The Morgan fingerprint density at radius 3 is 1.15 bits per heavy atom. The number of rotatable bonds is 6. The van der Waals surface area contributed by atoms with Crippen LogP contribution in [0.15, 0.2) is 0 Å². The van der Waals surface area contributed by atoms with Gasteiger partial charge in [0, 0.05) is 0 Å². The van der Waals surface area contributed by atoms with E-state index < -0.39 is 43.8 Å². The molecule has 0 heterocycles. The lowest BCUT2D eigenvalue weighted by molar-refractivity contribution is -0.171. The molecule has 0 N–H and O–H groups in total. The first-order valence-corrected chi connectivity index (χ1v) is 10.3. The number of Topliss-reactive ketones (excluding diaryl/α,β-unsaturated/α-hetero) is 1. The van der Waals surface area contributed by atoms with Crippen LogP contribution < -0.4 is 0 Å². The van der Waals surface area contributed by atoms with Gasteiger partial charge in [0.25, 0.3) is 0 Å². The molecule has 0 aliphatic heterocycles. The van der Waals surface area contributed by atoms with Crippen molar-refractivity contribution in [2.75, 3.05) is 0 Å². The third-order valence-corrected chi connectivity index (χ3v) is 11.1. The van der Waals surface area contributed by atoms with Gasteiger partial charge >= 0.3 is 6.18 Å². The quantitative estimate of drug-likeness (QED) is 0.265. The van der Waals surface area contributed by atoms with Gasteiger partial charge in [-0.1, -0.05) is 151 Å². The number of halogens is 16. The van der Waals surface area contributed by atoms with Gasteiger partial charge in [0.05, 0.1) is 6.42 Å². The molecule has 0 rings (SSSR count). The number of hydrogen-bond acceptors (Lipinski definition) is 1. The van der Waals surface area contributed by atoms with Gasteiger partial charge in [-0.15, -0.1) is 0 Å². The van der Waals surface area contributed by atoms with E-state index in [1.165, 1.54) is 0 Å². The van der Waals surface area contributed by atoms with E-state index in [0.29, 0.717) is 0 Å². The number of carbonyl (C=O) groups excluding carboxylic acids is 1. The van der Waals surface area contributed by atoms with Crippen molar-refractivity contribution in [1.29, 1.82) is 0 Å². The summed E-state index contributed by atoms with van der Waals surface area (Å²) in [7, 11) is 0. The third-order valence-electron chi connectivity index (χ3n) is 2.70. The summed E-state index contributed by atoms with van der Waals surface area (Å²) >= 11 is 75.0. The smallest absolute Gasteiger partial charge is 0.289 e. The first kappa shape index (κ1) is 29.2. The van der Waals surface area contributed by atoms with Gasteiger partial charge in [-0.25, -0.2) is 0 Å². The van der Waals surface area contributed by atoms with Crippen molar-refractivity contribution < 1.29 is 18.0 Å². The topological polar surface area (TPSA) is 17.1 Å². The minimum absolute atomic E-state index is 1.71. The molecule has 0 saturated heterocycles. The number of alkyl halides is 16. The Morgan fingerprint density at radius 2 is 0.885 bits per heavy atom. The summed E-state index contributed by atoms with van der Waals surface area (Å²) < 4.78 is 19.6. The van der Waals surface area contributed by atoms with E-state index >= 15 is 0 Å². The molecule has 0 bridgehead atoms.